The van der Waals surface area contributed by atoms with Crippen molar-refractivity contribution in [2.24, 2.45) is 7.05 Å². The molecule has 1 heterocycles. The standard InChI is InChI=1S/C19H27N3O3S/c1-4-25-19(24)16(21-18(23)15(20)9-10-26-3)11-13-12-22(2)17-8-6-5-7-14(13)17/h5-8,12,15-16H,4,9-11,20H2,1-3H3,(H,21,23)/p+1/t15-,16+/m0/s1. The van der Waals surface area contributed by atoms with Gasteiger partial charge in [0.1, 0.15) is 6.04 Å². The van der Waals surface area contributed by atoms with Gasteiger partial charge in [-0.25, -0.2) is 4.79 Å². The summed E-state index contributed by atoms with van der Waals surface area (Å²) in [6, 6.07) is 6.91. The Labute approximate surface area is 158 Å². The summed E-state index contributed by atoms with van der Waals surface area (Å²) in [7, 11) is 1.97. The van der Waals surface area contributed by atoms with Crippen LogP contribution in [0, 0.1) is 0 Å². The number of para-hydroxylation sites is 1. The quantitative estimate of drug-likeness (QED) is 0.641. The lowest BCUT2D eigenvalue weighted by Gasteiger charge is -2.18. The van der Waals surface area contributed by atoms with E-state index in [1.54, 1.807) is 18.7 Å². The SMILES string of the molecule is CCOC(=O)[C@@H](Cc1cn(C)c2ccccc12)NC(=O)[C@@H]([NH3+])CCSC. The number of quaternary nitrogens is 1. The monoisotopic (exact) mass is 378 g/mol. The van der Waals surface area contributed by atoms with E-state index in [2.05, 4.69) is 11.1 Å². The zero-order chi connectivity index (χ0) is 19.1. The molecule has 1 aromatic carbocycles. The molecule has 0 aliphatic heterocycles. The number of carbonyl (C=O) groups is 2. The number of hydrogen-bond donors (Lipinski definition) is 2. The number of rotatable bonds is 9. The second kappa shape index (κ2) is 9.64. The molecule has 0 aliphatic carbocycles. The first-order valence-electron chi connectivity index (χ1n) is 8.79. The maximum atomic E-state index is 12.4. The van der Waals surface area contributed by atoms with Gasteiger partial charge in [0.05, 0.1) is 6.61 Å². The van der Waals surface area contributed by atoms with E-state index < -0.39 is 12.0 Å². The maximum Gasteiger partial charge on any atom is 0.328 e. The van der Waals surface area contributed by atoms with E-state index in [1.165, 1.54) is 0 Å². The Hall–Kier alpha value is -1.99. The molecule has 0 saturated carbocycles. The van der Waals surface area contributed by atoms with E-state index in [4.69, 9.17) is 4.74 Å². The van der Waals surface area contributed by atoms with E-state index in [1.807, 2.05) is 48.3 Å². The molecule has 0 saturated heterocycles. The normalized spacial score (nSPS) is 13.4. The van der Waals surface area contributed by atoms with Crippen molar-refractivity contribution in [2.45, 2.75) is 31.8 Å². The third-order valence-corrected chi connectivity index (χ3v) is 4.98. The second-order valence-electron chi connectivity index (χ2n) is 6.28. The van der Waals surface area contributed by atoms with Gasteiger partial charge in [0.25, 0.3) is 5.91 Å². The molecule has 0 spiro atoms. The van der Waals surface area contributed by atoms with Gasteiger partial charge in [-0.2, -0.15) is 11.8 Å². The van der Waals surface area contributed by atoms with Gasteiger partial charge in [-0.05, 0) is 30.6 Å². The van der Waals surface area contributed by atoms with Gasteiger partial charge < -0.3 is 20.4 Å². The van der Waals surface area contributed by atoms with Crippen LogP contribution < -0.4 is 11.1 Å². The first-order valence-corrected chi connectivity index (χ1v) is 10.2. The van der Waals surface area contributed by atoms with E-state index in [0.29, 0.717) is 12.8 Å². The van der Waals surface area contributed by atoms with Crippen molar-refractivity contribution < 1.29 is 20.1 Å². The van der Waals surface area contributed by atoms with Gasteiger partial charge in [0, 0.05) is 37.0 Å². The topological polar surface area (TPSA) is 88.0 Å². The fourth-order valence-electron chi connectivity index (χ4n) is 2.93. The maximum absolute atomic E-state index is 12.4. The summed E-state index contributed by atoms with van der Waals surface area (Å²) in [5.74, 6) is 0.234. The number of ether oxygens (including phenoxy) is 1. The van der Waals surface area contributed by atoms with Gasteiger partial charge in [-0.3, -0.25) is 4.79 Å². The molecule has 0 radical (unpaired) electrons. The highest BCUT2D eigenvalue weighted by molar-refractivity contribution is 7.98. The Balaban J connectivity index is 2.19. The van der Waals surface area contributed by atoms with Crippen LogP contribution in [0.15, 0.2) is 30.5 Å². The summed E-state index contributed by atoms with van der Waals surface area (Å²) >= 11 is 1.67. The number of thioether (sulfide) groups is 1. The lowest BCUT2D eigenvalue weighted by molar-refractivity contribution is -0.404. The predicted molar refractivity (Wildman–Crippen MR) is 105 cm³/mol. The number of aromatic nitrogens is 1. The number of hydrogen-bond acceptors (Lipinski definition) is 4. The molecule has 1 aromatic heterocycles. The predicted octanol–water partition coefficient (Wildman–Crippen LogP) is 1.13. The lowest BCUT2D eigenvalue weighted by atomic mass is 10.0. The lowest BCUT2D eigenvalue weighted by Crippen LogP contribution is -2.68. The third kappa shape index (κ3) is 5.02. The van der Waals surface area contributed by atoms with Crippen molar-refractivity contribution >= 4 is 34.5 Å². The minimum absolute atomic E-state index is 0.211. The molecule has 2 aromatic rings. The van der Waals surface area contributed by atoms with Crippen LogP contribution in [-0.4, -0.2) is 47.1 Å². The molecule has 6 nitrogen and oxygen atoms in total. The molecule has 4 N–H and O–H groups in total. The van der Waals surface area contributed by atoms with Crippen LogP contribution in [-0.2, 0) is 27.8 Å². The molecule has 0 aliphatic rings. The van der Waals surface area contributed by atoms with E-state index >= 15 is 0 Å². The molecule has 0 bridgehead atoms. The van der Waals surface area contributed by atoms with Crippen LogP contribution >= 0.6 is 11.8 Å². The average molecular weight is 379 g/mol. The zero-order valence-corrected chi connectivity index (χ0v) is 16.5. The summed E-state index contributed by atoms with van der Waals surface area (Å²) < 4.78 is 7.20. The van der Waals surface area contributed by atoms with Gasteiger partial charge in [-0.1, -0.05) is 18.2 Å². The average Bonchev–Trinajstić information content (AvgIpc) is 2.95. The van der Waals surface area contributed by atoms with Crippen molar-refractivity contribution in [3.05, 3.63) is 36.0 Å². The summed E-state index contributed by atoms with van der Waals surface area (Å²) in [6.07, 6.45) is 5.06. The first-order chi connectivity index (χ1) is 12.5. The number of aryl methyl sites for hydroxylation is 1. The molecule has 142 valence electrons. The van der Waals surface area contributed by atoms with Crippen LogP contribution in [0.5, 0.6) is 0 Å². The van der Waals surface area contributed by atoms with Crippen LogP contribution in [0.25, 0.3) is 10.9 Å². The van der Waals surface area contributed by atoms with Crippen molar-refractivity contribution in [1.29, 1.82) is 0 Å². The summed E-state index contributed by atoms with van der Waals surface area (Å²) in [6.45, 7) is 2.04. The van der Waals surface area contributed by atoms with E-state index in [-0.39, 0.29) is 18.6 Å². The highest BCUT2D eigenvalue weighted by Crippen LogP contribution is 2.21. The first kappa shape index (κ1) is 20.3. The number of nitrogens with one attached hydrogen (secondary N) is 1. The fraction of sp³-hybridized carbons (Fsp3) is 0.474. The molecular formula is C19H28N3O3S+. The Kier molecular flexibility index (Phi) is 7.53. The molecule has 1 amide bonds. The van der Waals surface area contributed by atoms with Crippen molar-refractivity contribution in [3.63, 3.8) is 0 Å². The minimum atomic E-state index is -0.716. The fourth-order valence-corrected chi connectivity index (χ4v) is 3.45. The van der Waals surface area contributed by atoms with Crippen LogP contribution in [0.4, 0.5) is 0 Å². The molecular weight excluding hydrogens is 350 g/mol. The van der Waals surface area contributed by atoms with Crippen LogP contribution in [0.1, 0.15) is 18.9 Å². The smallest absolute Gasteiger partial charge is 0.328 e. The zero-order valence-electron chi connectivity index (χ0n) is 15.7. The highest BCUT2D eigenvalue weighted by Gasteiger charge is 2.27. The largest absolute Gasteiger partial charge is 0.464 e. The van der Waals surface area contributed by atoms with Gasteiger partial charge >= 0.3 is 5.97 Å². The number of fused-ring (bicyclic) bond motifs is 1. The van der Waals surface area contributed by atoms with Crippen molar-refractivity contribution in [1.82, 2.24) is 9.88 Å². The van der Waals surface area contributed by atoms with E-state index in [0.717, 1.165) is 22.2 Å². The third-order valence-electron chi connectivity index (χ3n) is 4.33. The van der Waals surface area contributed by atoms with Crippen molar-refractivity contribution in [2.75, 3.05) is 18.6 Å². The van der Waals surface area contributed by atoms with Gasteiger partial charge in [-0.15, -0.1) is 0 Å². The summed E-state index contributed by atoms with van der Waals surface area (Å²) in [5, 5.41) is 3.91. The number of carbonyl (C=O) groups excluding carboxylic acids is 2. The molecule has 0 fully saturated rings. The number of amides is 1. The molecule has 2 atom stereocenters. The molecule has 0 unspecified atom stereocenters. The molecule has 2 rings (SSSR count). The Morgan fingerprint density at radius 1 is 1.35 bits per heavy atom. The van der Waals surface area contributed by atoms with Gasteiger partial charge in [0.2, 0.25) is 0 Å². The summed E-state index contributed by atoms with van der Waals surface area (Å²) in [4.78, 5) is 24.8. The van der Waals surface area contributed by atoms with Crippen LogP contribution in [0.2, 0.25) is 0 Å². The molecule has 26 heavy (non-hydrogen) atoms. The number of benzene rings is 1. The Morgan fingerprint density at radius 3 is 2.77 bits per heavy atom. The Bertz CT molecular complexity index is 760. The summed E-state index contributed by atoms with van der Waals surface area (Å²) in [5.41, 5.74) is 6.01. The minimum Gasteiger partial charge on any atom is -0.464 e. The van der Waals surface area contributed by atoms with Crippen LogP contribution in [0.3, 0.4) is 0 Å². The van der Waals surface area contributed by atoms with E-state index in [9.17, 15) is 9.59 Å². The number of nitrogens with zero attached hydrogens (tertiary/aromatic N) is 1. The van der Waals surface area contributed by atoms with Crippen molar-refractivity contribution in [3.8, 4) is 0 Å². The Morgan fingerprint density at radius 2 is 2.08 bits per heavy atom. The number of esters is 1. The highest BCUT2D eigenvalue weighted by atomic mass is 32.2. The second-order valence-corrected chi connectivity index (χ2v) is 7.26. The van der Waals surface area contributed by atoms with Gasteiger partial charge in [0.15, 0.2) is 6.04 Å². The molecule has 7 heteroatoms.